The third-order valence-corrected chi connectivity index (χ3v) is 4.44. The van der Waals surface area contributed by atoms with Gasteiger partial charge in [0, 0.05) is 14.3 Å². The summed E-state index contributed by atoms with van der Waals surface area (Å²) in [5, 5.41) is 0. The summed E-state index contributed by atoms with van der Waals surface area (Å²) >= 11 is 5.11. The van der Waals surface area contributed by atoms with E-state index in [4.69, 9.17) is 4.74 Å². The molecule has 0 radical (unpaired) electrons. The van der Waals surface area contributed by atoms with Crippen LogP contribution in [0.4, 0.5) is 0 Å². The van der Waals surface area contributed by atoms with Crippen molar-refractivity contribution < 1.29 is 9.53 Å². The smallest absolute Gasteiger partial charge is 0.338 e. The average Bonchev–Trinajstić information content (AvgIpc) is 2.43. The normalized spacial score (nSPS) is 10.3. The monoisotopic (exact) mass is 350 g/mol. The average molecular weight is 351 g/mol. The number of esters is 1. The lowest BCUT2D eigenvalue weighted by atomic mass is 10.1. The highest BCUT2D eigenvalue weighted by Crippen LogP contribution is 2.31. The molecule has 0 N–H and O–H groups in total. The first kappa shape index (κ1) is 15.1. The molecular formula is C16H15BrO2S. The molecule has 0 aliphatic heterocycles. The van der Waals surface area contributed by atoms with Crippen LogP contribution in [-0.2, 0) is 4.74 Å². The van der Waals surface area contributed by atoms with E-state index in [1.807, 2.05) is 44.2 Å². The third-order valence-electron chi connectivity index (χ3n) is 2.73. The SMILES string of the molecule is CCOC(=O)c1ccc(Sc2ccc(Br)cc2)c(C)c1. The summed E-state index contributed by atoms with van der Waals surface area (Å²) < 4.78 is 6.07. The maximum absolute atomic E-state index is 11.7. The van der Waals surface area contributed by atoms with Gasteiger partial charge in [-0.1, -0.05) is 27.7 Å². The standard InChI is InChI=1S/C16H15BrO2S/c1-3-19-16(18)12-4-9-15(11(2)10-12)20-14-7-5-13(17)6-8-14/h4-10H,3H2,1-2H3. The van der Waals surface area contributed by atoms with Gasteiger partial charge in [0.05, 0.1) is 12.2 Å². The van der Waals surface area contributed by atoms with Gasteiger partial charge in [-0.3, -0.25) is 0 Å². The molecule has 0 amide bonds. The Morgan fingerprint density at radius 1 is 1.20 bits per heavy atom. The quantitative estimate of drug-likeness (QED) is 0.718. The number of benzene rings is 2. The molecular weight excluding hydrogens is 336 g/mol. The fraction of sp³-hybridized carbons (Fsp3) is 0.188. The molecule has 2 nitrogen and oxygen atoms in total. The molecule has 2 rings (SSSR count). The minimum absolute atomic E-state index is 0.268. The van der Waals surface area contributed by atoms with E-state index < -0.39 is 0 Å². The zero-order chi connectivity index (χ0) is 14.5. The van der Waals surface area contributed by atoms with Crippen LogP contribution >= 0.6 is 27.7 Å². The van der Waals surface area contributed by atoms with Gasteiger partial charge in [0.1, 0.15) is 0 Å². The number of rotatable bonds is 4. The van der Waals surface area contributed by atoms with Crippen LogP contribution in [0.25, 0.3) is 0 Å². The summed E-state index contributed by atoms with van der Waals surface area (Å²) in [6, 6.07) is 13.8. The number of ether oxygens (including phenoxy) is 1. The first-order chi connectivity index (χ1) is 9.60. The van der Waals surface area contributed by atoms with Crippen LogP contribution in [0.15, 0.2) is 56.7 Å². The van der Waals surface area contributed by atoms with E-state index in [1.54, 1.807) is 11.8 Å². The Balaban J connectivity index is 2.17. The van der Waals surface area contributed by atoms with Crippen LogP contribution in [0.3, 0.4) is 0 Å². The highest BCUT2D eigenvalue weighted by atomic mass is 79.9. The zero-order valence-electron chi connectivity index (χ0n) is 11.4. The van der Waals surface area contributed by atoms with Gasteiger partial charge < -0.3 is 4.74 Å². The summed E-state index contributed by atoms with van der Waals surface area (Å²) in [6.07, 6.45) is 0. The van der Waals surface area contributed by atoms with E-state index in [0.29, 0.717) is 12.2 Å². The second kappa shape index (κ2) is 6.95. The zero-order valence-corrected chi connectivity index (χ0v) is 13.8. The van der Waals surface area contributed by atoms with Crippen LogP contribution in [0.5, 0.6) is 0 Å². The number of hydrogen-bond donors (Lipinski definition) is 0. The molecule has 0 aliphatic carbocycles. The molecule has 20 heavy (non-hydrogen) atoms. The first-order valence-corrected chi connectivity index (χ1v) is 7.92. The Labute approximate surface area is 131 Å². The van der Waals surface area contributed by atoms with E-state index in [9.17, 15) is 4.79 Å². The topological polar surface area (TPSA) is 26.3 Å². The van der Waals surface area contributed by atoms with Crippen LogP contribution in [0.2, 0.25) is 0 Å². The van der Waals surface area contributed by atoms with E-state index >= 15 is 0 Å². The fourth-order valence-corrected chi connectivity index (χ4v) is 2.88. The van der Waals surface area contributed by atoms with Crippen LogP contribution in [0.1, 0.15) is 22.8 Å². The van der Waals surface area contributed by atoms with E-state index in [2.05, 4.69) is 28.1 Å². The molecule has 0 heterocycles. The second-order valence-corrected chi connectivity index (χ2v) is 6.29. The van der Waals surface area contributed by atoms with Gasteiger partial charge in [0.25, 0.3) is 0 Å². The van der Waals surface area contributed by atoms with Crippen molar-refractivity contribution in [2.45, 2.75) is 23.6 Å². The van der Waals surface area contributed by atoms with Crippen LogP contribution < -0.4 is 0 Å². The predicted octanol–water partition coefficient (Wildman–Crippen LogP) is 5.09. The molecule has 0 saturated carbocycles. The summed E-state index contributed by atoms with van der Waals surface area (Å²) in [7, 11) is 0. The maximum Gasteiger partial charge on any atom is 0.338 e. The van der Waals surface area contributed by atoms with E-state index in [1.165, 1.54) is 4.90 Å². The molecule has 0 unspecified atom stereocenters. The fourth-order valence-electron chi connectivity index (χ4n) is 1.73. The molecule has 4 heteroatoms. The van der Waals surface area contributed by atoms with Gasteiger partial charge in [0.2, 0.25) is 0 Å². The Kier molecular flexibility index (Phi) is 5.26. The van der Waals surface area contributed by atoms with Gasteiger partial charge >= 0.3 is 5.97 Å². The number of halogens is 1. The predicted molar refractivity (Wildman–Crippen MR) is 85.4 cm³/mol. The molecule has 0 fully saturated rings. The Morgan fingerprint density at radius 3 is 2.50 bits per heavy atom. The second-order valence-electron chi connectivity index (χ2n) is 4.26. The highest BCUT2D eigenvalue weighted by molar-refractivity contribution is 9.10. The van der Waals surface area contributed by atoms with Gasteiger partial charge in [0.15, 0.2) is 0 Å². The van der Waals surface area contributed by atoms with Crippen molar-refractivity contribution in [2.75, 3.05) is 6.61 Å². The largest absolute Gasteiger partial charge is 0.462 e. The molecule has 104 valence electrons. The van der Waals surface area contributed by atoms with E-state index in [-0.39, 0.29) is 5.97 Å². The maximum atomic E-state index is 11.7. The summed E-state index contributed by atoms with van der Waals surface area (Å²) in [5.41, 5.74) is 1.67. The molecule has 0 bridgehead atoms. The van der Waals surface area contributed by atoms with Crippen molar-refractivity contribution in [3.05, 3.63) is 58.1 Å². The minimum atomic E-state index is -0.268. The van der Waals surface area contributed by atoms with Crippen LogP contribution in [-0.4, -0.2) is 12.6 Å². The van der Waals surface area contributed by atoms with Gasteiger partial charge in [-0.2, -0.15) is 0 Å². The molecule has 2 aromatic carbocycles. The summed E-state index contributed by atoms with van der Waals surface area (Å²) in [6.45, 7) is 4.21. The van der Waals surface area contributed by atoms with Crippen molar-refractivity contribution in [1.82, 2.24) is 0 Å². The Bertz CT molecular complexity index is 608. The highest BCUT2D eigenvalue weighted by Gasteiger charge is 2.09. The van der Waals surface area contributed by atoms with Crippen LogP contribution in [0, 0.1) is 6.92 Å². The number of aryl methyl sites for hydroxylation is 1. The number of carbonyl (C=O) groups is 1. The lowest BCUT2D eigenvalue weighted by molar-refractivity contribution is 0.0526. The van der Waals surface area contributed by atoms with Crippen molar-refractivity contribution in [3.8, 4) is 0 Å². The summed E-state index contributed by atoms with van der Waals surface area (Å²) in [4.78, 5) is 14.0. The van der Waals surface area contributed by atoms with Crippen molar-refractivity contribution in [2.24, 2.45) is 0 Å². The third kappa shape index (κ3) is 3.87. The van der Waals surface area contributed by atoms with Gasteiger partial charge in [-0.15, -0.1) is 0 Å². The van der Waals surface area contributed by atoms with Gasteiger partial charge in [-0.25, -0.2) is 4.79 Å². The summed E-state index contributed by atoms with van der Waals surface area (Å²) in [5.74, 6) is -0.268. The molecule has 0 saturated heterocycles. The molecule has 0 spiro atoms. The molecule has 0 atom stereocenters. The van der Waals surface area contributed by atoms with Crippen molar-refractivity contribution in [3.63, 3.8) is 0 Å². The Morgan fingerprint density at radius 2 is 1.90 bits per heavy atom. The molecule has 0 aliphatic rings. The lowest BCUT2D eigenvalue weighted by Gasteiger charge is -2.08. The first-order valence-electron chi connectivity index (χ1n) is 6.31. The molecule has 0 aromatic heterocycles. The Hall–Kier alpha value is -1.26. The minimum Gasteiger partial charge on any atom is -0.462 e. The van der Waals surface area contributed by atoms with Gasteiger partial charge in [-0.05, 0) is 61.9 Å². The number of carbonyl (C=O) groups excluding carboxylic acids is 1. The van der Waals surface area contributed by atoms with Crippen molar-refractivity contribution in [1.29, 1.82) is 0 Å². The lowest BCUT2D eigenvalue weighted by Crippen LogP contribution is -2.04. The molecule has 2 aromatic rings. The number of hydrogen-bond acceptors (Lipinski definition) is 3. The van der Waals surface area contributed by atoms with E-state index in [0.717, 1.165) is 14.9 Å². The van der Waals surface area contributed by atoms with Crippen molar-refractivity contribution >= 4 is 33.7 Å².